The molecule has 1 aromatic carbocycles. The lowest BCUT2D eigenvalue weighted by atomic mass is 10.3. The minimum absolute atomic E-state index is 0.219. The molecule has 0 saturated heterocycles. The van der Waals surface area contributed by atoms with E-state index in [0.717, 1.165) is 0 Å². The van der Waals surface area contributed by atoms with E-state index in [0.29, 0.717) is 21.7 Å². The molecule has 0 aliphatic heterocycles. The van der Waals surface area contributed by atoms with Gasteiger partial charge in [-0.3, -0.25) is 0 Å². The average molecular weight is 327 g/mol. The van der Waals surface area contributed by atoms with Crippen molar-refractivity contribution in [3.05, 3.63) is 52.5 Å². The van der Waals surface area contributed by atoms with E-state index >= 15 is 0 Å². The van der Waals surface area contributed by atoms with Gasteiger partial charge in [-0.1, -0.05) is 12.2 Å². The molecule has 0 atom stereocenters. The van der Waals surface area contributed by atoms with E-state index in [9.17, 15) is 4.39 Å². The van der Waals surface area contributed by atoms with Gasteiger partial charge in [-0.2, -0.15) is 0 Å². The molecule has 0 amide bonds. The number of nitrogens with zero attached hydrogens (tertiary/aromatic N) is 1. The minimum atomic E-state index is -0.389. The molecule has 2 N–H and O–H groups in total. The predicted octanol–water partition coefficient (Wildman–Crippen LogP) is 3.41. The Morgan fingerprint density at radius 1 is 1.28 bits per heavy atom. The summed E-state index contributed by atoms with van der Waals surface area (Å²) in [5, 5.41) is 0. The largest absolute Gasteiger partial charge is 0.456 e. The third-order valence-corrected chi connectivity index (χ3v) is 2.97. The van der Waals surface area contributed by atoms with Gasteiger partial charge < -0.3 is 10.5 Å². The van der Waals surface area contributed by atoms with Gasteiger partial charge in [0.05, 0.1) is 16.4 Å². The molecule has 0 spiro atoms. The highest BCUT2D eigenvalue weighted by Crippen LogP contribution is 2.25. The summed E-state index contributed by atoms with van der Waals surface area (Å²) in [6, 6.07) is 7.82. The fraction of sp³-hybridized carbons (Fsp3) is 0. The van der Waals surface area contributed by atoms with Crippen LogP contribution in [0.4, 0.5) is 4.39 Å². The minimum Gasteiger partial charge on any atom is -0.456 e. The SMILES string of the molecule is NC(=S)c1ccc(Oc2ccc(Br)c(F)c2)cn1. The zero-order valence-electron chi connectivity index (χ0n) is 9.06. The first-order chi connectivity index (χ1) is 8.56. The second-order valence-electron chi connectivity index (χ2n) is 3.42. The van der Waals surface area contributed by atoms with Crippen molar-refractivity contribution in [1.29, 1.82) is 0 Å². The highest BCUT2D eigenvalue weighted by Gasteiger charge is 2.04. The van der Waals surface area contributed by atoms with E-state index in [2.05, 4.69) is 20.9 Å². The highest BCUT2D eigenvalue weighted by atomic mass is 79.9. The zero-order chi connectivity index (χ0) is 13.1. The van der Waals surface area contributed by atoms with Gasteiger partial charge in [0.25, 0.3) is 0 Å². The second-order valence-corrected chi connectivity index (χ2v) is 4.72. The summed E-state index contributed by atoms with van der Waals surface area (Å²) in [7, 11) is 0. The Bertz CT molecular complexity index is 589. The van der Waals surface area contributed by atoms with Crippen molar-refractivity contribution >= 4 is 33.1 Å². The standard InChI is InChI=1S/C12H8BrFN2OS/c13-9-3-1-7(5-10(9)14)17-8-2-4-11(12(15)18)16-6-8/h1-6H,(H2,15,18). The molecular formula is C12H8BrFN2OS. The van der Waals surface area contributed by atoms with Crippen molar-refractivity contribution in [1.82, 2.24) is 4.98 Å². The van der Waals surface area contributed by atoms with Crippen LogP contribution in [0.2, 0.25) is 0 Å². The Morgan fingerprint density at radius 3 is 2.56 bits per heavy atom. The summed E-state index contributed by atoms with van der Waals surface area (Å²) in [5.74, 6) is 0.484. The summed E-state index contributed by atoms with van der Waals surface area (Å²) in [4.78, 5) is 4.24. The van der Waals surface area contributed by atoms with Gasteiger partial charge in [-0.25, -0.2) is 9.37 Å². The maximum atomic E-state index is 13.3. The van der Waals surface area contributed by atoms with Gasteiger partial charge in [-0.05, 0) is 40.2 Å². The average Bonchev–Trinajstić information content (AvgIpc) is 2.34. The summed E-state index contributed by atoms with van der Waals surface area (Å²) in [6.45, 7) is 0. The molecule has 1 heterocycles. The summed E-state index contributed by atoms with van der Waals surface area (Å²) in [6.07, 6.45) is 1.48. The zero-order valence-corrected chi connectivity index (χ0v) is 11.5. The smallest absolute Gasteiger partial charge is 0.145 e. The number of ether oxygens (including phenoxy) is 1. The molecular weight excluding hydrogens is 319 g/mol. The van der Waals surface area contributed by atoms with Crippen LogP contribution in [-0.4, -0.2) is 9.97 Å². The number of thiocarbonyl (C=S) groups is 1. The Hall–Kier alpha value is -1.53. The lowest BCUT2D eigenvalue weighted by Crippen LogP contribution is -2.10. The molecule has 92 valence electrons. The fourth-order valence-electron chi connectivity index (χ4n) is 1.26. The van der Waals surface area contributed by atoms with E-state index in [1.807, 2.05) is 0 Å². The molecule has 2 aromatic rings. The predicted molar refractivity (Wildman–Crippen MR) is 74.3 cm³/mol. The normalized spacial score (nSPS) is 10.1. The maximum absolute atomic E-state index is 13.3. The number of nitrogens with two attached hydrogens (primary N) is 1. The Kier molecular flexibility index (Phi) is 3.88. The highest BCUT2D eigenvalue weighted by molar-refractivity contribution is 9.10. The van der Waals surface area contributed by atoms with Crippen molar-refractivity contribution in [2.24, 2.45) is 5.73 Å². The molecule has 3 nitrogen and oxygen atoms in total. The molecule has 2 rings (SSSR count). The maximum Gasteiger partial charge on any atom is 0.145 e. The Morgan fingerprint density at radius 2 is 2.00 bits per heavy atom. The van der Waals surface area contributed by atoms with Crippen molar-refractivity contribution in [2.75, 3.05) is 0 Å². The van der Waals surface area contributed by atoms with E-state index in [4.69, 9.17) is 22.7 Å². The quantitative estimate of drug-likeness (QED) is 0.878. The molecule has 0 unspecified atom stereocenters. The number of hydrogen-bond acceptors (Lipinski definition) is 3. The first-order valence-corrected chi connectivity index (χ1v) is 6.15. The van der Waals surface area contributed by atoms with Gasteiger partial charge in [0, 0.05) is 6.07 Å². The second kappa shape index (κ2) is 5.41. The first kappa shape index (κ1) is 12.9. The van der Waals surface area contributed by atoms with Crippen LogP contribution in [0, 0.1) is 5.82 Å². The van der Waals surface area contributed by atoms with Gasteiger partial charge in [0.2, 0.25) is 0 Å². The monoisotopic (exact) mass is 326 g/mol. The number of halogens is 2. The third-order valence-electron chi connectivity index (χ3n) is 2.12. The van der Waals surface area contributed by atoms with Crippen LogP contribution in [0.3, 0.4) is 0 Å². The number of pyridine rings is 1. The van der Waals surface area contributed by atoms with Crippen molar-refractivity contribution in [3.63, 3.8) is 0 Å². The Labute approximate surface area is 117 Å². The van der Waals surface area contributed by atoms with Crippen LogP contribution in [0.5, 0.6) is 11.5 Å². The van der Waals surface area contributed by atoms with Gasteiger partial charge in [0.1, 0.15) is 22.3 Å². The van der Waals surface area contributed by atoms with Crippen LogP contribution in [-0.2, 0) is 0 Å². The Balaban J connectivity index is 2.18. The van der Waals surface area contributed by atoms with Crippen LogP contribution < -0.4 is 10.5 Å². The lowest BCUT2D eigenvalue weighted by molar-refractivity contribution is 0.474. The molecule has 6 heteroatoms. The molecule has 0 saturated carbocycles. The summed E-state index contributed by atoms with van der Waals surface area (Å²) >= 11 is 7.86. The van der Waals surface area contributed by atoms with E-state index in [-0.39, 0.29) is 10.8 Å². The molecule has 18 heavy (non-hydrogen) atoms. The van der Waals surface area contributed by atoms with E-state index < -0.39 is 0 Å². The lowest BCUT2D eigenvalue weighted by Gasteiger charge is -2.06. The van der Waals surface area contributed by atoms with Gasteiger partial charge >= 0.3 is 0 Å². The third kappa shape index (κ3) is 3.02. The summed E-state index contributed by atoms with van der Waals surface area (Å²) in [5.41, 5.74) is 5.94. The van der Waals surface area contributed by atoms with E-state index in [1.165, 1.54) is 12.3 Å². The van der Waals surface area contributed by atoms with E-state index in [1.54, 1.807) is 24.3 Å². The molecule has 0 bridgehead atoms. The molecule has 0 aliphatic carbocycles. The van der Waals surface area contributed by atoms with Crippen LogP contribution in [0.15, 0.2) is 41.0 Å². The molecule has 0 aliphatic rings. The number of aromatic nitrogens is 1. The summed E-state index contributed by atoms with van der Waals surface area (Å²) < 4.78 is 19.1. The molecule has 0 radical (unpaired) electrons. The number of benzene rings is 1. The topological polar surface area (TPSA) is 48.1 Å². The fourth-order valence-corrected chi connectivity index (χ4v) is 1.63. The number of hydrogen-bond donors (Lipinski definition) is 1. The number of rotatable bonds is 3. The van der Waals surface area contributed by atoms with Crippen LogP contribution in [0.1, 0.15) is 5.69 Å². The van der Waals surface area contributed by atoms with Crippen molar-refractivity contribution < 1.29 is 9.13 Å². The molecule has 1 aromatic heterocycles. The van der Waals surface area contributed by atoms with Gasteiger partial charge in [0.15, 0.2) is 0 Å². The van der Waals surface area contributed by atoms with Gasteiger partial charge in [-0.15, -0.1) is 0 Å². The first-order valence-electron chi connectivity index (χ1n) is 4.95. The van der Waals surface area contributed by atoms with Crippen LogP contribution in [0.25, 0.3) is 0 Å². The molecule has 0 fully saturated rings. The van der Waals surface area contributed by atoms with Crippen molar-refractivity contribution in [2.45, 2.75) is 0 Å². The van der Waals surface area contributed by atoms with Crippen molar-refractivity contribution in [3.8, 4) is 11.5 Å². The van der Waals surface area contributed by atoms with Crippen LogP contribution >= 0.6 is 28.1 Å².